The number of aliphatic hydroxyl groups excluding tert-OH is 1. The Hall–Kier alpha value is -1.84. The van der Waals surface area contributed by atoms with Crippen LogP contribution in [0, 0.1) is 5.82 Å². The number of rotatable bonds is 4. The molecule has 2 rings (SSSR count). The van der Waals surface area contributed by atoms with Gasteiger partial charge in [0.05, 0.1) is 25.7 Å². The standard InChI is InChI=1S/C11H15FN4O4/c1-15(2)6-13-10-7(12)3-16(11(18)14-10)8-5-19-9(4-17)20-8/h3,6,8-9,17H,4-5H2,1-2H3/t8-,9-/m0/s1. The van der Waals surface area contributed by atoms with E-state index in [1.807, 2.05) is 0 Å². The molecule has 0 radical (unpaired) electrons. The summed E-state index contributed by atoms with van der Waals surface area (Å²) in [7, 11) is 3.42. The molecule has 0 bridgehead atoms. The topological polar surface area (TPSA) is 89.2 Å². The van der Waals surface area contributed by atoms with Crippen molar-refractivity contribution in [3.63, 3.8) is 0 Å². The molecular formula is C11H15FN4O4. The van der Waals surface area contributed by atoms with Crippen molar-refractivity contribution >= 4 is 12.2 Å². The van der Waals surface area contributed by atoms with Crippen LogP contribution in [0.4, 0.5) is 10.2 Å². The first-order chi connectivity index (χ1) is 9.51. The Morgan fingerprint density at radius 3 is 3.05 bits per heavy atom. The summed E-state index contributed by atoms with van der Waals surface area (Å²) in [6.45, 7) is -0.307. The first-order valence-corrected chi connectivity index (χ1v) is 5.88. The summed E-state index contributed by atoms with van der Waals surface area (Å²) in [5.74, 6) is -1.05. The lowest BCUT2D eigenvalue weighted by molar-refractivity contribution is -0.0993. The molecule has 0 saturated carbocycles. The molecule has 110 valence electrons. The van der Waals surface area contributed by atoms with Crippen molar-refractivity contribution in [2.24, 2.45) is 4.99 Å². The summed E-state index contributed by atoms with van der Waals surface area (Å²) < 4.78 is 25.0. The molecule has 2 atom stereocenters. The molecule has 8 nitrogen and oxygen atoms in total. The number of aromatic nitrogens is 2. The largest absolute Gasteiger partial charge is 0.391 e. The van der Waals surface area contributed by atoms with Gasteiger partial charge in [-0.05, 0) is 0 Å². The minimum atomic E-state index is -0.818. The van der Waals surface area contributed by atoms with Crippen molar-refractivity contribution in [2.75, 3.05) is 27.3 Å². The highest BCUT2D eigenvalue weighted by atomic mass is 19.1. The Bertz CT molecular complexity index is 560. The van der Waals surface area contributed by atoms with Gasteiger partial charge in [0.25, 0.3) is 0 Å². The Kier molecular flexibility index (Phi) is 4.42. The van der Waals surface area contributed by atoms with E-state index >= 15 is 0 Å². The maximum Gasteiger partial charge on any atom is 0.351 e. The molecule has 0 aromatic carbocycles. The van der Waals surface area contributed by atoms with Gasteiger partial charge in [0, 0.05) is 14.1 Å². The van der Waals surface area contributed by atoms with Gasteiger partial charge in [0.1, 0.15) is 0 Å². The maximum absolute atomic E-state index is 13.8. The number of hydrogen-bond donors (Lipinski definition) is 1. The fourth-order valence-electron chi connectivity index (χ4n) is 1.59. The summed E-state index contributed by atoms with van der Waals surface area (Å²) in [5, 5.41) is 8.87. The third kappa shape index (κ3) is 3.18. The Morgan fingerprint density at radius 2 is 2.45 bits per heavy atom. The van der Waals surface area contributed by atoms with Crippen molar-refractivity contribution in [3.05, 3.63) is 22.5 Å². The number of halogens is 1. The van der Waals surface area contributed by atoms with Crippen molar-refractivity contribution in [1.29, 1.82) is 0 Å². The number of nitrogens with zero attached hydrogens (tertiary/aromatic N) is 4. The van der Waals surface area contributed by atoms with E-state index in [2.05, 4.69) is 9.98 Å². The summed E-state index contributed by atoms with van der Waals surface area (Å²) in [4.78, 5) is 20.7. The molecule has 0 unspecified atom stereocenters. The predicted octanol–water partition coefficient (Wildman–Crippen LogP) is -0.532. The van der Waals surface area contributed by atoms with E-state index < -0.39 is 24.0 Å². The molecule has 1 aliphatic heterocycles. The predicted molar refractivity (Wildman–Crippen MR) is 67.2 cm³/mol. The smallest absolute Gasteiger partial charge is 0.351 e. The van der Waals surface area contributed by atoms with Crippen molar-refractivity contribution in [3.8, 4) is 0 Å². The van der Waals surface area contributed by atoms with E-state index in [4.69, 9.17) is 14.6 Å². The first kappa shape index (κ1) is 14.6. The van der Waals surface area contributed by atoms with Crippen LogP contribution in [0.15, 0.2) is 16.0 Å². The first-order valence-electron chi connectivity index (χ1n) is 5.88. The molecule has 1 fully saturated rings. The molecule has 1 aromatic rings. The number of hydrogen-bond acceptors (Lipinski definition) is 6. The van der Waals surface area contributed by atoms with Crippen LogP contribution < -0.4 is 5.69 Å². The van der Waals surface area contributed by atoms with E-state index in [9.17, 15) is 9.18 Å². The average Bonchev–Trinajstić information content (AvgIpc) is 2.87. The molecule has 0 aliphatic carbocycles. The van der Waals surface area contributed by atoms with Gasteiger partial charge >= 0.3 is 5.69 Å². The number of aliphatic imine (C=N–C) groups is 1. The molecule has 0 amide bonds. The zero-order valence-corrected chi connectivity index (χ0v) is 11.1. The summed E-state index contributed by atoms with van der Waals surface area (Å²) in [5.41, 5.74) is -0.704. The van der Waals surface area contributed by atoms with Gasteiger partial charge in [0.15, 0.2) is 24.2 Å². The molecule has 1 aliphatic rings. The van der Waals surface area contributed by atoms with Crippen LogP contribution in [0.2, 0.25) is 0 Å². The molecule has 1 saturated heterocycles. The van der Waals surface area contributed by atoms with Crippen LogP contribution in [-0.4, -0.2) is 59.5 Å². The normalized spacial score (nSPS) is 22.6. The van der Waals surface area contributed by atoms with Crippen molar-refractivity contribution in [2.45, 2.75) is 12.5 Å². The van der Waals surface area contributed by atoms with Gasteiger partial charge in [-0.3, -0.25) is 4.57 Å². The average molecular weight is 286 g/mol. The lowest BCUT2D eigenvalue weighted by atomic mass is 10.5. The van der Waals surface area contributed by atoms with Crippen LogP contribution in [0.25, 0.3) is 0 Å². The molecule has 1 aromatic heterocycles. The van der Waals surface area contributed by atoms with E-state index in [0.29, 0.717) is 0 Å². The maximum atomic E-state index is 13.8. The monoisotopic (exact) mass is 286 g/mol. The summed E-state index contributed by atoms with van der Waals surface area (Å²) >= 11 is 0. The third-order valence-corrected chi connectivity index (χ3v) is 2.49. The SMILES string of the molecule is CN(C)C=Nc1nc(=O)n([C@@H]2CO[C@H](CO)O2)cc1F. The zero-order chi connectivity index (χ0) is 14.7. The van der Waals surface area contributed by atoms with Crippen LogP contribution in [-0.2, 0) is 9.47 Å². The lowest BCUT2D eigenvalue weighted by Crippen LogP contribution is -2.29. The van der Waals surface area contributed by atoms with Gasteiger partial charge in [-0.15, -0.1) is 0 Å². The summed E-state index contributed by atoms with van der Waals surface area (Å²) in [6, 6.07) is 0. The van der Waals surface area contributed by atoms with Crippen LogP contribution in [0.1, 0.15) is 6.23 Å². The Morgan fingerprint density at radius 1 is 1.70 bits per heavy atom. The Labute approximate surface area is 114 Å². The van der Waals surface area contributed by atoms with Gasteiger partial charge in [-0.1, -0.05) is 0 Å². The molecule has 0 spiro atoms. The van der Waals surface area contributed by atoms with Crippen LogP contribution >= 0.6 is 0 Å². The highest BCUT2D eigenvalue weighted by Crippen LogP contribution is 2.20. The molecule has 20 heavy (non-hydrogen) atoms. The second-order valence-electron chi connectivity index (χ2n) is 4.35. The molecule has 9 heteroatoms. The van der Waals surface area contributed by atoms with Gasteiger partial charge in [-0.25, -0.2) is 14.2 Å². The fourth-order valence-corrected chi connectivity index (χ4v) is 1.59. The van der Waals surface area contributed by atoms with E-state index in [1.54, 1.807) is 19.0 Å². The highest BCUT2D eigenvalue weighted by Gasteiger charge is 2.28. The fraction of sp³-hybridized carbons (Fsp3) is 0.545. The number of ether oxygens (including phenoxy) is 2. The second kappa shape index (κ2) is 6.07. The van der Waals surface area contributed by atoms with Crippen LogP contribution in [0.3, 0.4) is 0 Å². The molecule has 2 heterocycles. The van der Waals surface area contributed by atoms with Crippen LogP contribution in [0.5, 0.6) is 0 Å². The minimum Gasteiger partial charge on any atom is -0.391 e. The second-order valence-corrected chi connectivity index (χ2v) is 4.35. The van der Waals surface area contributed by atoms with E-state index in [-0.39, 0.29) is 19.0 Å². The number of aliphatic hydroxyl groups is 1. The quantitative estimate of drug-likeness (QED) is 0.591. The van der Waals surface area contributed by atoms with Gasteiger partial charge in [0.2, 0.25) is 0 Å². The minimum absolute atomic E-state index is 0.0343. The third-order valence-electron chi connectivity index (χ3n) is 2.49. The van der Waals surface area contributed by atoms with Gasteiger partial charge in [-0.2, -0.15) is 4.98 Å². The Balaban J connectivity index is 2.25. The zero-order valence-electron chi connectivity index (χ0n) is 11.1. The van der Waals surface area contributed by atoms with Crippen molar-refractivity contribution < 1.29 is 19.0 Å². The van der Waals surface area contributed by atoms with Gasteiger partial charge < -0.3 is 19.5 Å². The molecule has 1 N–H and O–H groups in total. The van der Waals surface area contributed by atoms with E-state index in [0.717, 1.165) is 10.8 Å². The van der Waals surface area contributed by atoms with Crippen molar-refractivity contribution in [1.82, 2.24) is 14.5 Å². The highest BCUT2D eigenvalue weighted by molar-refractivity contribution is 5.58. The van der Waals surface area contributed by atoms with E-state index in [1.165, 1.54) is 6.34 Å². The lowest BCUT2D eigenvalue weighted by Gasteiger charge is -2.12. The molecular weight excluding hydrogens is 271 g/mol. The summed E-state index contributed by atoms with van der Waals surface area (Å²) in [6.07, 6.45) is 0.673.